The first-order valence-electron chi connectivity index (χ1n) is 12.7. The second kappa shape index (κ2) is 7.28. The molecule has 3 fully saturated rings. The highest BCUT2D eigenvalue weighted by atomic mass is 16.3. The number of aromatic nitrogens is 1. The van der Waals surface area contributed by atoms with Crippen molar-refractivity contribution in [3.05, 3.63) is 53.7 Å². The minimum atomic E-state index is -0.952. The number of aliphatic hydroxyl groups is 1. The standard InChI is InChI=1S/C30H33NO2/c1-28-14-10-22(32)19-21(28)7-8-24-25(28)11-15-29(2)26(24)12-17-30(29,33)16-9-20-13-18-31-27-6-4-3-5-23(20)27/h3-6,13,18-19,24-26,33H,7-8,10-12,14-15,17H2,1-2H3/t24-,25+,26+,28+,29+,30+/m1/s1. The van der Waals surface area contributed by atoms with Crippen LogP contribution in [0, 0.1) is 40.4 Å². The van der Waals surface area contributed by atoms with E-state index in [2.05, 4.69) is 36.7 Å². The van der Waals surface area contributed by atoms with Gasteiger partial charge in [0.2, 0.25) is 0 Å². The number of benzene rings is 1. The van der Waals surface area contributed by atoms with Gasteiger partial charge in [0.15, 0.2) is 5.78 Å². The van der Waals surface area contributed by atoms with Crippen LogP contribution >= 0.6 is 0 Å². The summed E-state index contributed by atoms with van der Waals surface area (Å²) in [4.78, 5) is 16.5. The van der Waals surface area contributed by atoms with Gasteiger partial charge >= 0.3 is 0 Å². The molecular weight excluding hydrogens is 406 g/mol. The normalized spacial score (nSPS) is 39.7. The molecule has 6 rings (SSSR count). The largest absolute Gasteiger partial charge is 0.377 e. The number of carbonyl (C=O) groups excluding carboxylic acids is 1. The molecule has 0 amide bonds. The van der Waals surface area contributed by atoms with Crippen molar-refractivity contribution >= 4 is 16.7 Å². The highest BCUT2D eigenvalue weighted by molar-refractivity contribution is 5.91. The van der Waals surface area contributed by atoms with Gasteiger partial charge < -0.3 is 5.11 Å². The third-order valence-electron chi connectivity index (χ3n) is 10.2. The quantitative estimate of drug-likeness (QED) is 0.524. The van der Waals surface area contributed by atoms with Crippen LogP contribution in [0.25, 0.3) is 10.9 Å². The van der Waals surface area contributed by atoms with Crippen molar-refractivity contribution in [3.63, 3.8) is 0 Å². The predicted molar refractivity (Wildman–Crippen MR) is 130 cm³/mol. The lowest BCUT2D eigenvalue weighted by atomic mass is 9.46. The summed E-state index contributed by atoms with van der Waals surface area (Å²) in [6, 6.07) is 10.0. The SMILES string of the molecule is C[C@]12CCC(=O)C=C1CC[C@@H]1[C@@H]2CC[C@@]2(C)[C@H]1CC[C@@]2(O)C#Cc1ccnc2ccccc12. The summed E-state index contributed by atoms with van der Waals surface area (Å²) in [5.74, 6) is 8.83. The first-order chi connectivity index (χ1) is 15.8. The summed E-state index contributed by atoms with van der Waals surface area (Å²) in [7, 11) is 0. The molecule has 0 saturated heterocycles. The minimum Gasteiger partial charge on any atom is -0.377 e. The van der Waals surface area contributed by atoms with Crippen molar-refractivity contribution in [1.29, 1.82) is 0 Å². The first-order valence-corrected chi connectivity index (χ1v) is 12.7. The molecule has 1 heterocycles. The van der Waals surface area contributed by atoms with Gasteiger partial charge in [0, 0.05) is 29.0 Å². The number of rotatable bonds is 0. The van der Waals surface area contributed by atoms with E-state index in [4.69, 9.17) is 0 Å². The van der Waals surface area contributed by atoms with E-state index in [0.717, 1.165) is 61.4 Å². The zero-order valence-corrected chi connectivity index (χ0v) is 19.7. The Bertz CT molecular complexity index is 1230. The van der Waals surface area contributed by atoms with E-state index >= 15 is 0 Å². The lowest BCUT2D eigenvalue weighted by Gasteiger charge is -2.58. The number of pyridine rings is 1. The van der Waals surface area contributed by atoms with E-state index in [1.807, 2.05) is 36.5 Å². The van der Waals surface area contributed by atoms with Crippen molar-refractivity contribution < 1.29 is 9.90 Å². The molecule has 1 aromatic carbocycles. The molecule has 6 atom stereocenters. The Morgan fingerprint density at radius 3 is 2.70 bits per heavy atom. The molecule has 3 nitrogen and oxygen atoms in total. The molecule has 0 unspecified atom stereocenters. The second-order valence-electron chi connectivity index (χ2n) is 11.4. The van der Waals surface area contributed by atoms with Gasteiger partial charge in [-0.2, -0.15) is 0 Å². The third kappa shape index (κ3) is 3.00. The Labute approximate surface area is 196 Å². The summed E-state index contributed by atoms with van der Waals surface area (Å²) in [6.07, 6.45) is 11.6. The van der Waals surface area contributed by atoms with E-state index < -0.39 is 5.60 Å². The van der Waals surface area contributed by atoms with Gasteiger partial charge in [-0.3, -0.25) is 9.78 Å². The number of allylic oxidation sites excluding steroid dienone is 1. The number of hydrogen-bond donors (Lipinski definition) is 1. The number of para-hydroxylation sites is 1. The van der Waals surface area contributed by atoms with Crippen LogP contribution in [-0.2, 0) is 4.79 Å². The van der Waals surface area contributed by atoms with Gasteiger partial charge in [0.25, 0.3) is 0 Å². The highest BCUT2D eigenvalue weighted by Gasteiger charge is 2.63. The summed E-state index contributed by atoms with van der Waals surface area (Å²) in [5, 5.41) is 13.0. The monoisotopic (exact) mass is 439 g/mol. The zero-order chi connectivity index (χ0) is 22.8. The van der Waals surface area contributed by atoms with E-state index in [9.17, 15) is 9.90 Å². The molecule has 4 aliphatic rings. The molecule has 170 valence electrons. The average molecular weight is 440 g/mol. The predicted octanol–water partition coefficient (Wildman–Crippen LogP) is 5.85. The molecule has 3 heteroatoms. The van der Waals surface area contributed by atoms with Gasteiger partial charge in [-0.25, -0.2) is 0 Å². The minimum absolute atomic E-state index is 0.167. The van der Waals surface area contributed by atoms with E-state index in [0.29, 0.717) is 30.0 Å². The Hall–Kier alpha value is -2.44. The number of hydrogen-bond acceptors (Lipinski definition) is 3. The van der Waals surface area contributed by atoms with Crippen LogP contribution < -0.4 is 0 Å². The summed E-state index contributed by atoms with van der Waals surface area (Å²) < 4.78 is 0. The zero-order valence-electron chi connectivity index (χ0n) is 19.7. The fourth-order valence-electron chi connectivity index (χ4n) is 8.16. The molecule has 0 aliphatic heterocycles. The number of ketones is 1. The van der Waals surface area contributed by atoms with Crippen molar-refractivity contribution in [2.45, 2.75) is 70.8 Å². The van der Waals surface area contributed by atoms with Gasteiger partial charge in [-0.1, -0.05) is 49.5 Å². The molecular formula is C30H33NO2. The first kappa shape index (κ1) is 21.1. The maximum Gasteiger partial charge on any atom is 0.155 e. The maximum atomic E-state index is 12.1. The number of fused-ring (bicyclic) bond motifs is 6. The van der Waals surface area contributed by atoms with Crippen molar-refractivity contribution in [1.82, 2.24) is 4.98 Å². The average Bonchev–Trinajstić information content (AvgIpc) is 3.09. The topological polar surface area (TPSA) is 50.2 Å². The van der Waals surface area contributed by atoms with Crippen LogP contribution in [0.2, 0.25) is 0 Å². The van der Waals surface area contributed by atoms with E-state index in [1.54, 1.807) is 0 Å². The van der Waals surface area contributed by atoms with Crippen LogP contribution in [0.15, 0.2) is 48.2 Å². The fraction of sp³-hybridized carbons (Fsp3) is 0.533. The molecule has 4 aliphatic carbocycles. The summed E-state index contributed by atoms with van der Waals surface area (Å²) >= 11 is 0. The van der Waals surface area contributed by atoms with Crippen LogP contribution in [0.1, 0.15) is 70.8 Å². The fourth-order valence-corrected chi connectivity index (χ4v) is 8.16. The Balaban J connectivity index is 1.33. The van der Waals surface area contributed by atoms with Gasteiger partial charge in [0.1, 0.15) is 5.60 Å². The van der Waals surface area contributed by atoms with Crippen LogP contribution in [0.4, 0.5) is 0 Å². The van der Waals surface area contributed by atoms with Gasteiger partial charge in [-0.15, -0.1) is 0 Å². The van der Waals surface area contributed by atoms with Crippen LogP contribution in [-0.4, -0.2) is 21.5 Å². The van der Waals surface area contributed by atoms with Gasteiger partial charge in [0.05, 0.1) is 5.52 Å². The van der Waals surface area contributed by atoms with Crippen molar-refractivity contribution in [2.24, 2.45) is 28.6 Å². The molecule has 0 radical (unpaired) electrons. The molecule has 33 heavy (non-hydrogen) atoms. The summed E-state index contributed by atoms with van der Waals surface area (Å²) in [6.45, 7) is 4.72. The Kier molecular flexibility index (Phi) is 4.66. The maximum absolute atomic E-state index is 12.1. The summed E-state index contributed by atoms with van der Waals surface area (Å²) in [5.41, 5.74) is 2.33. The van der Waals surface area contributed by atoms with Crippen LogP contribution in [0.3, 0.4) is 0 Å². The second-order valence-corrected chi connectivity index (χ2v) is 11.4. The number of carbonyl (C=O) groups is 1. The molecule has 0 bridgehead atoms. The van der Waals surface area contributed by atoms with Crippen LogP contribution in [0.5, 0.6) is 0 Å². The van der Waals surface area contributed by atoms with Crippen molar-refractivity contribution in [3.8, 4) is 11.8 Å². The molecule has 2 aromatic rings. The van der Waals surface area contributed by atoms with Crippen molar-refractivity contribution in [2.75, 3.05) is 0 Å². The number of nitrogens with zero attached hydrogens (tertiary/aromatic N) is 1. The Morgan fingerprint density at radius 2 is 1.82 bits per heavy atom. The molecule has 1 N–H and O–H groups in total. The lowest BCUT2D eigenvalue weighted by molar-refractivity contribution is -0.119. The highest BCUT2D eigenvalue weighted by Crippen LogP contribution is 2.67. The van der Waals surface area contributed by atoms with E-state index in [-0.39, 0.29) is 10.8 Å². The molecule has 1 aromatic heterocycles. The Morgan fingerprint density at radius 1 is 1.00 bits per heavy atom. The molecule has 0 spiro atoms. The van der Waals surface area contributed by atoms with E-state index in [1.165, 1.54) is 5.57 Å². The van der Waals surface area contributed by atoms with Gasteiger partial charge in [-0.05, 0) is 86.3 Å². The lowest BCUT2D eigenvalue weighted by Crippen LogP contribution is -2.54. The third-order valence-corrected chi connectivity index (χ3v) is 10.2. The smallest absolute Gasteiger partial charge is 0.155 e. The molecule has 3 saturated carbocycles.